The average Bonchev–Trinajstić information content (AvgIpc) is 2.55. The standard InChI is InChI=1S/C19H15NO/c1-13-11-20-19-15-9-5-6-10-17(15)21-12-16(19)18(13)14-7-3-2-4-8-14/h2-11H,12H2,1H3. The van der Waals surface area contributed by atoms with Gasteiger partial charge in [0.2, 0.25) is 0 Å². The van der Waals surface area contributed by atoms with E-state index in [9.17, 15) is 0 Å². The van der Waals surface area contributed by atoms with Crippen LogP contribution in [0.2, 0.25) is 0 Å². The Labute approximate surface area is 124 Å². The van der Waals surface area contributed by atoms with Gasteiger partial charge in [0.25, 0.3) is 0 Å². The molecule has 102 valence electrons. The first kappa shape index (κ1) is 12.2. The van der Waals surface area contributed by atoms with Crippen LogP contribution in [0.1, 0.15) is 11.1 Å². The van der Waals surface area contributed by atoms with Crippen LogP contribution in [0.3, 0.4) is 0 Å². The fourth-order valence-electron chi connectivity index (χ4n) is 2.98. The minimum atomic E-state index is 0.575. The molecule has 0 fully saturated rings. The van der Waals surface area contributed by atoms with E-state index in [2.05, 4.69) is 42.2 Å². The zero-order valence-corrected chi connectivity index (χ0v) is 11.8. The van der Waals surface area contributed by atoms with Crippen molar-refractivity contribution in [2.45, 2.75) is 13.5 Å². The van der Waals surface area contributed by atoms with Gasteiger partial charge in [0.15, 0.2) is 0 Å². The van der Waals surface area contributed by atoms with Gasteiger partial charge in [0, 0.05) is 17.3 Å². The van der Waals surface area contributed by atoms with Gasteiger partial charge in [-0.1, -0.05) is 42.5 Å². The summed E-state index contributed by atoms with van der Waals surface area (Å²) in [6.07, 6.45) is 1.96. The molecular formula is C19H15NO. The van der Waals surface area contributed by atoms with Gasteiger partial charge in [-0.3, -0.25) is 4.98 Å². The Morgan fingerprint density at radius 3 is 2.57 bits per heavy atom. The van der Waals surface area contributed by atoms with Crippen molar-refractivity contribution < 1.29 is 4.74 Å². The fraction of sp³-hybridized carbons (Fsp3) is 0.105. The van der Waals surface area contributed by atoms with Crippen LogP contribution in [0, 0.1) is 6.92 Å². The molecule has 4 rings (SSSR count). The first-order chi connectivity index (χ1) is 10.3. The molecule has 2 heteroatoms. The molecule has 1 aromatic heterocycles. The third-order valence-electron chi connectivity index (χ3n) is 3.95. The number of aromatic nitrogens is 1. The highest BCUT2D eigenvalue weighted by Crippen LogP contribution is 2.40. The van der Waals surface area contributed by atoms with Gasteiger partial charge >= 0.3 is 0 Å². The van der Waals surface area contributed by atoms with Crippen LogP contribution in [0.15, 0.2) is 60.8 Å². The van der Waals surface area contributed by atoms with Crippen LogP contribution in [0.25, 0.3) is 22.4 Å². The van der Waals surface area contributed by atoms with Gasteiger partial charge in [-0.25, -0.2) is 0 Å². The summed E-state index contributed by atoms with van der Waals surface area (Å²) in [4.78, 5) is 4.67. The van der Waals surface area contributed by atoms with Crippen molar-refractivity contribution in [3.05, 3.63) is 71.9 Å². The third-order valence-corrected chi connectivity index (χ3v) is 3.95. The molecule has 2 nitrogen and oxygen atoms in total. The minimum absolute atomic E-state index is 0.575. The van der Waals surface area contributed by atoms with Crippen LogP contribution < -0.4 is 4.74 Å². The highest BCUT2D eigenvalue weighted by molar-refractivity contribution is 5.81. The van der Waals surface area contributed by atoms with E-state index < -0.39 is 0 Å². The molecule has 0 bridgehead atoms. The molecule has 1 aliphatic rings. The Morgan fingerprint density at radius 1 is 0.952 bits per heavy atom. The summed E-state index contributed by atoms with van der Waals surface area (Å²) in [5, 5.41) is 0. The average molecular weight is 273 g/mol. The lowest BCUT2D eigenvalue weighted by molar-refractivity contribution is 0.302. The summed E-state index contributed by atoms with van der Waals surface area (Å²) in [6, 6.07) is 18.6. The zero-order chi connectivity index (χ0) is 14.2. The molecule has 0 saturated carbocycles. The van der Waals surface area contributed by atoms with E-state index in [4.69, 9.17) is 4.74 Å². The monoisotopic (exact) mass is 273 g/mol. The Morgan fingerprint density at radius 2 is 1.71 bits per heavy atom. The summed E-state index contributed by atoms with van der Waals surface area (Å²) in [5.41, 5.74) is 6.95. The number of ether oxygens (including phenoxy) is 1. The number of hydrogen-bond donors (Lipinski definition) is 0. The molecule has 2 heterocycles. The molecular weight excluding hydrogens is 258 g/mol. The summed E-state index contributed by atoms with van der Waals surface area (Å²) in [5.74, 6) is 0.917. The van der Waals surface area contributed by atoms with Gasteiger partial charge in [-0.2, -0.15) is 0 Å². The highest BCUT2D eigenvalue weighted by Gasteiger charge is 2.22. The maximum absolute atomic E-state index is 5.93. The predicted octanol–water partition coefficient (Wildman–Crippen LogP) is 4.62. The molecule has 0 aliphatic carbocycles. The number of aryl methyl sites for hydroxylation is 1. The van der Waals surface area contributed by atoms with Crippen molar-refractivity contribution in [1.82, 2.24) is 4.98 Å². The minimum Gasteiger partial charge on any atom is -0.488 e. The van der Waals surface area contributed by atoms with Crippen LogP contribution in [0.4, 0.5) is 0 Å². The molecule has 0 saturated heterocycles. The number of rotatable bonds is 1. The molecule has 0 amide bonds. The van der Waals surface area contributed by atoms with E-state index in [1.54, 1.807) is 0 Å². The normalized spacial score (nSPS) is 12.2. The van der Waals surface area contributed by atoms with Crippen molar-refractivity contribution >= 4 is 0 Å². The molecule has 0 spiro atoms. The van der Waals surface area contributed by atoms with Crippen molar-refractivity contribution in [3.63, 3.8) is 0 Å². The molecule has 3 aromatic rings. The largest absolute Gasteiger partial charge is 0.488 e. The number of benzene rings is 2. The van der Waals surface area contributed by atoms with E-state index in [0.29, 0.717) is 6.61 Å². The van der Waals surface area contributed by atoms with Gasteiger partial charge in [-0.05, 0) is 35.7 Å². The van der Waals surface area contributed by atoms with Crippen LogP contribution in [-0.4, -0.2) is 4.98 Å². The van der Waals surface area contributed by atoms with Gasteiger partial charge < -0.3 is 4.74 Å². The Bertz CT molecular complexity index is 809. The number of pyridine rings is 1. The lowest BCUT2D eigenvalue weighted by atomic mass is 9.92. The van der Waals surface area contributed by atoms with Crippen LogP contribution in [0.5, 0.6) is 5.75 Å². The molecule has 0 atom stereocenters. The quantitative estimate of drug-likeness (QED) is 0.645. The molecule has 2 aromatic carbocycles. The van der Waals surface area contributed by atoms with Gasteiger partial charge in [0.1, 0.15) is 12.4 Å². The second-order valence-electron chi connectivity index (χ2n) is 5.29. The Hall–Kier alpha value is -2.61. The first-order valence-corrected chi connectivity index (χ1v) is 7.10. The van der Waals surface area contributed by atoms with E-state index in [-0.39, 0.29) is 0 Å². The molecule has 0 radical (unpaired) electrons. The Kier molecular flexibility index (Phi) is 2.74. The number of hydrogen-bond acceptors (Lipinski definition) is 2. The zero-order valence-electron chi connectivity index (χ0n) is 11.8. The van der Waals surface area contributed by atoms with E-state index in [1.807, 2.05) is 30.5 Å². The van der Waals surface area contributed by atoms with E-state index >= 15 is 0 Å². The Balaban J connectivity index is 2.00. The first-order valence-electron chi connectivity index (χ1n) is 7.10. The predicted molar refractivity (Wildman–Crippen MR) is 84.2 cm³/mol. The third kappa shape index (κ3) is 1.91. The fourth-order valence-corrected chi connectivity index (χ4v) is 2.98. The molecule has 0 unspecified atom stereocenters. The number of para-hydroxylation sites is 1. The van der Waals surface area contributed by atoms with Crippen LogP contribution >= 0.6 is 0 Å². The topological polar surface area (TPSA) is 22.1 Å². The van der Waals surface area contributed by atoms with Gasteiger partial charge in [0.05, 0.1) is 5.69 Å². The van der Waals surface area contributed by atoms with Crippen molar-refractivity contribution in [3.8, 4) is 28.1 Å². The number of fused-ring (bicyclic) bond motifs is 3. The lowest BCUT2D eigenvalue weighted by Gasteiger charge is -2.23. The number of nitrogens with zero attached hydrogens (tertiary/aromatic N) is 1. The second-order valence-corrected chi connectivity index (χ2v) is 5.29. The van der Waals surface area contributed by atoms with E-state index in [0.717, 1.165) is 17.0 Å². The smallest absolute Gasteiger partial charge is 0.129 e. The molecule has 21 heavy (non-hydrogen) atoms. The molecule has 1 aliphatic heterocycles. The summed E-state index contributed by atoms with van der Waals surface area (Å²) >= 11 is 0. The van der Waals surface area contributed by atoms with Crippen molar-refractivity contribution in [2.75, 3.05) is 0 Å². The summed E-state index contributed by atoms with van der Waals surface area (Å²) in [7, 11) is 0. The van der Waals surface area contributed by atoms with E-state index in [1.165, 1.54) is 22.3 Å². The summed E-state index contributed by atoms with van der Waals surface area (Å²) in [6.45, 7) is 2.68. The van der Waals surface area contributed by atoms with Crippen LogP contribution in [-0.2, 0) is 6.61 Å². The summed E-state index contributed by atoms with van der Waals surface area (Å²) < 4.78 is 5.93. The SMILES string of the molecule is Cc1cnc2c(c1-c1ccccc1)COc1ccccc1-2. The van der Waals surface area contributed by atoms with Gasteiger partial charge in [-0.15, -0.1) is 0 Å². The lowest BCUT2D eigenvalue weighted by Crippen LogP contribution is -2.09. The second kappa shape index (κ2) is 4.74. The van der Waals surface area contributed by atoms with Crippen molar-refractivity contribution in [1.29, 1.82) is 0 Å². The van der Waals surface area contributed by atoms with Crippen molar-refractivity contribution in [2.24, 2.45) is 0 Å². The molecule has 0 N–H and O–H groups in total. The highest BCUT2D eigenvalue weighted by atomic mass is 16.5. The maximum atomic E-state index is 5.93. The maximum Gasteiger partial charge on any atom is 0.129 e.